The van der Waals surface area contributed by atoms with Crippen LogP contribution in [0.25, 0.3) is 0 Å². The van der Waals surface area contributed by atoms with Gasteiger partial charge in [0, 0.05) is 24.6 Å². The number of benzene rings is 2. The number of nitrogens with one attached hydrogen (secondary N) is 1. The topological polar surface area (TPSA) is 38.3 Å². The molecule has 0 bridgehead atoms. The van der Waals surface area contributed by atoms with Crippen LogP contribution in [0.1, 0.15) is 36.2 Å². The first kappa shape index (κ1) is 17.2. The van der Waals surface area contributed by atoms with Gasteiger partial charge in [0.15, 0.2) is 5.78 Å². The fraction of sp³-hybridized carbons (Fsp3) is 0.350. The molecule has 0 spiro atoms. The highest BCUT2D eigenvalue weighted by Crippen LogP contribution is 2.13. The number of Topliss-reactive ketones (excluding diaryl/α,β-unsaturated/α-hetero) is 1. The summed E-state index contributed by atoms with van der Waals surface area (Å²) < 4.78 is 5.39. The summed E-state index contributed by atoms with van der Waals surface area (Å²) >= 11 is 0. The molecule has 1 atom stereocenters. The lowest BCUT2D eigenvalue weighted by molar-refractivity contribution is 0.0982. The lowest BCUT2D eigenvalue weighted by Crippen LogP contribution is -2.30. The van der Waals surface area contributed by atoms with E-state index in [1.54, 1.807) is 0 Å². The summed E-state index contributed by atoms with van der Waals surface area (Å²) in [6.07, 6.45) is 1.48. The Balaban J connectivity index is 1.73. The molecule has 0 radical (unpaired) electrons. The van der Waals surface area contributed by atoms with Gasteiger partial charge in [-0.3, -0.25) is 4.79 Å². The normalized spacial score (nSPS) is 11.9. The van der Waals surface area contributed by atoms with Crippen molar-refractivity contribution in [2.24, 2.45) is 0 Å². The standard InChI is InChI=1S/C20H25NO2/c1-3-23-19-11-9-18(10-12-19)20(22)13-14-21-16(2)15-17-7-5-4-6-8-17/h4-12,16,21H,3,13-15H2,1-2H3. The molecule has 122 valence electrons. The first-order valence-corrected chi connectivity index (χ1v) is 8.22. The molecule has 0 fully saturated rings. The minimum absolute atomic E-state index is 0.160. The van der Waals surface area contributed by atoms with Crippen LogP contribution in [-0.2, 0) is 6.42 Å². The van der Waals surface area contributed by atoms with E-state index in [2.05, 4.69) is 36.5 Å². The minimum Gasteiger partial charge on any atom is -0.494 e. The van der Waals surface area contributed by atoms with E-state index in [4.69, 9.17) is 4.74 Å². The van der Waals surface area contributed by atoms with Crippen molar-refractivity contribution in [1.82, 2.24) is 5.32 Å². The maximum atomic E-state index is 12.2. The van der Waals surface area contributed by atoms with Crippen LogP contribution in [0.15, 0.2) is 54.6 Å². The lowest BCUT2D eigenvalue weighted by atomic mass is 10.1. The highest BCUT2D eigenvalue weighted by atomic mass is 16.5. The number of carbonyl (C=O) groups is 1. The van der Waals surface area contributed by atoms with Crippen LogP contribution in [0, 0.1) is 0 Å². The van der Waals surface area contributed by atoms with Crippen molar-refractivity contribution in [3.8, 4) is 5.75 Å². The van der Waals surface area contributed by atoms with E-state index in [0.29, 0.717) is 25.6 Å². The van der Waals surface area contributed by atoms with Crippen LogP contribution in [-0.4, -0.2) is 25.0 Å². The number of ether oxygens (including phenoxy) is 1. The van der Waals surface area contributed by atoms with Crippen molar-refractivity contribution in [1.29, 1.82) is 0 Å². The SMILES string of the molecule is CCOc1ccc(C(=O)CCNC(C)Cc2ccccc2)cc1. The molecule has 0 amide bonds. The summed E-state index contributed by atoms with van der Waals surface area (Å²) in [6.45, 7) is 5.42. The lowest BCUT2D eigenvalue weighted by Gasteiger charge is -2.13. The van der Waals surface area contributed by atoms with E-state index in [1.165, 1.54) is 5.56 Å². The van der Waals surface area contributed by atoms with E-state index in [9.17, 15) is 4.79 Å². The van der Waals surface area contributed by atoms with Crippen LogP contribution in [0.4, 0.5) is 0 Å². The first-order valence-electron chi connectivity index (χ1n) is 8.22. The van der Waals surface area contributed by atoms with E-state index in [1.807, 2.05) is 37.3 Å². The number of hydrogen-bond donors (Lipinski definition) is 1. The van der Waals surface area contributed by atoms with Crippen molar-refractivity contribution in [2.45, 2.75) is 32.7 Å². The van der Waals surface area contributed by atoms with Crippen LogP contribution in [0.3, 0.4) is 0 Å². The molecule has 3 heteroatoms. The number of ketones is 1. The predicted octanol–water partition coefficient (Wildman–Crippen LogP) is 3.88. The second-order valence-corrected chi connectivity index (χ2v) is 5.68. The van der Waals surface area contributed by atoms with Gasteiger partial charge >= 0.3 is 0 Å². The fourth-order valence-corrected chi connectivity index (χ4v) is 2.52. The second-order valence-electron chi connectivity index (χ2n) is 5.68. The van der Waals surface area contributed by atoms with Gasteiger partial charge < -0.3 is 10.1 Å². The Labute approximate surface area is 138 Å². The zero-order valence-corrected chi connectivity index (χ0v) is 13.9. The molecular formula is C20H25NO2. The third-order valence-electron chi connectivity index (χ3n) is 3.72. The number of carbonyl (C=O) groups excluding carboxylic acids is 1. The molecule has 0 aliphatic rings. The average Bonchev–Trinajstić information content (AvgIpc) is 2.56. The van der Waals surface area contributed by atoms with Gasteiger partial charge in [-0.05, 0) is 50.1 Å². The summed E-state index contributed by atoms with van der Waals surface area (Å²) in [5, 5.41) is 3.42. The summed E-state index contributed by atoms with van der Waals surface area (Å²) in [7, 11) is 0. The Morgan fingerprint density at radius 1 is 1.09 bits per heavy atom. The van der Waals surface area contributed by atoms with Gasteiger partial charge in [0.25, 0.3) is 0 Å². The van der Waals surface area contributed by atoms with Crippen molar-refractivity contribution in [3.05, 3.63) is 65.7 Å². The Hall–Kier alpha value is -2.13. The largest absolute Gasteiger partial charge is 0.494 e. The molecule has 2 aromatic carbocycles. The van der Waals surface area contributed by atoms with Gasteiger partial charge in [-0.25, -0.2) is 0 Å². The van der Waals surface area contributed by atoms with E-state index < -0.39 is 0 Å². The molecule has 2 rings (SSSR count). The molecule has 1 N–H and O–H groups in total. The van der Waals surface area contributed by atoms with Crippen molar-refractivity contribution in [2.75, 3.05) is 13.2 Å². The van der Waals surface area contributed by atoms with Gasteiger partial charge in [0.1, 0.15) is 5.75 Å². The molecule has 3 nitrogen and oxygen atoms in total. The third kappa shape index (κ3) is 5.87. The van der Waals surface area contributed by atoms with E-state index in [0.717, 1.165) is 17.7 Å². The highest BCUT2D eigenvalue weighted by molar-refractivity contribution is 5.96. The molecule has 0 saturated heterocycles. The molecule has 0 heterocycles. The van der Waals surface area contributed by atoms with Gasteiger partial charge in [0.2, 0.25) is 0 Å². The maximum Gasteiger partial charge on any atom is 0.164 e. The van der Waals surface area contributed by atoms with Gasteiger partial charge in [-0.15, -0.1) is 0 Å². The smallest absolute Gasteiger partial charge is 0.164 e. The Bertz CT molecular complexity index is 593. The zero-order valence-electron chi connectivity index (χ0n) is 13.9. The average molecular weight is 311 g/mol. The second kappa shape index (κ2) is 9.11. The van der Waals surface area contributed by atoms with Gasteiger partial charge in [0.05, 0.1) is 6.61 Å². The monoisotopic (exact) mass is 311 g/mol. The van der Waals surface area contributed by atoms with Crippen molar-refractivity contribution >= 4 is 5.78 Å². The first-order chi connectivity index (χ1) is 11.2. The Morgan fingerprint density at radius 2 is 1.78 bits per heavy atom. The van der Waals surface area contributed by atoms with Crippen LogP contribution in [0.2, 0.25) is 0 Å². The summed E-state index contributed by atoms with van der Waals surface area (Å²) in [5.74, 6) is 0.964. The Kier molecular flexibility index (Phi) is 6.82. The molecule has 0 aromatic heterocycles. The Morgan fingerprint density at radius 3 is 2.43 bits per heavy atom. The van der Waals surface area contributed by atoms with Crippen molar-refractivity contribution in [3.63, 3.8) is 0 Å². The number of rotatable bonds is 9. The fourth-order valence-electron chi connectivity index (χ4n) is 2.52. The maximum absolute atomic E-state index is 12.2. The van der Waals surface area contributed by atoms with Crippen molar-refractivity contribution < 1.29 is 9.53 Å². The van der Waals surface area contributed by atoms with Crippen LogP contribution >= 0.6 is 0 Å². The summed E-state index contributed by atoms with van der Waals surface area (Å²) in [5.41, 5.74) is 2.05. The molecule has 0 saturated carbocycles. The predicted molar refractivity (Wildman–Crippen MR) is 94.2 cm³/mol. The van der Waals surface area contributed by atoms with Gasteiger partial charge in [-0.1, -0.05) is 30.3 Å². The molecule has 0 aliphatic heterocycles. The zero-order chi connectivity index (χ0) is 16.5. The summed E-state index contributed by atoms with van der Waals surface area (Å²) in [4.78, 5) is 12.2. The van der Waals surface area contributed by atoms with Crippen LogP contribution < -0.4 is 10.1 Å². The molecule has 23 heavy (non-hydrogen) atoms. The minimum atomic E-state index is 0.160. The van der Waals surface area contributed by atoms with E-state index >= 15 is 0 Å². The quantitative estimate of drug-likeness (QED) is 0.714. The van der Waals surface area contributed by atoms with Crippen LogP contribution in [0.5, 0.6) is 5.75 Å². The molecule has 1 unspecified atom stereocenters. The summed E-state index contributed by atoms with van der Waals surface area (Å²) in [6, 6.07) is 18.1. The third-order valence-corrected chi connectivity index (χ3v) is 3.72. The van der Waals surface area contributed by atoms with Gasteiger partial charge in [-0.2, -0.15) is 0 Å². The van der Waals surface area contributed by atoms with E-state index in [-0.39, 0.29) is 5.78 Å². The molecule has 2 aromatic rings. The number of hydrogen-bond acceptors (Lipinski definition) is 3. The molecule has 0 aliphatic carbocycles. The molecular weight excluding hydrogens is 286 g/mol. The highest BCUT2D eigenvalue weighted by Gasteiger charge is 2.08.